The first kappa shape index (κ1) is 7.74. The fraction of sp³-hybridized carbons (Fsp3) is 0.200. The van der Waals surface area contributed by atoms with Gasteiger partial charge in [0.05, 0.1) is 0 Å². The average molecular weight is 180 g/mol. The number of rotatable bonds is 1. The summed E-state index contributed by atoms with van der Waals surface area (Å²) >= 11 is 1.67. The van der Waals surface area contributed by atoms with Crippen LogP contribution in [0.2, 0.25) is 0 Å². The smallest absolute Gasteiger partial charge is 0.124 e. The van der Waals surface area contributed by atoms with E-state index in [2.05, 4.69) is 13.0 Å². The zero-order chi connectivity index (χ0) is 8.55. The highest BCUT2D eigenvalue weighted by molar-refractivity contribution is 7.19. The van der Waals surface area contributed by atoms with Crippen molar-refractivity contribution in [2.75, 3.05) is 0 Å². The van der Waals surface area contributed by atoms with Crippen LogP contribution in [-0.2, 0) is 6.42 Å². The first-order valence-corrected chi connectivity index (χ1v) is 4.79. The van der Waals surface area contributed by atoms with Crippen LogP contribution in [-0.4, -0.2) is 0 Å². The molecule has 0 spiro atoms. The molecule has 0 nitrogen and oxygen atoms in total. The molecule has 0 aliphatic heterocycles. The minimum absolute atomic E-state index is 0.146. The molecule has 0 aliphatic rings. The highest BCUT2D eigenvalue weighted by Gasteiger charge is 2.00. The Morgan fingerprint density at radius 2 is 2.17 bits per heavy atom. The third kappa shape index (κ3) is 1.23. The fourth-order valence-corrected chi connectivity index (χ4v) is 2.26. The third-order valence-electron chi connectivity index (χ3n) is 1.88. The van der Waals surface area contributed by atoms with Gasteiger partial charge in [0.2, 0.25) is 0 Å². The normalized spacial score (nSPS) is 10.8. The molecule has 0 aliphatic carbocycles. The van der Waals surface area contributed by atoms with Crippen molar-refractivity contribution in [2.24, 2.45) is 0 Å². The molecule has 62 valence electrons. The molecule has 0 radical (unpaired) electrons. The molecular formula is C10H9FS. The molecule has 1 aromatic carbocycles. The number of benzene rings is 1. The Bertz CT molecular complexity index is 403. The lowest BCUT2D eigenvalue weighted by Crippen LogP contribution is -1.68. The number of aryl methyl sites for hydroxylation is 1. The van der Waals surface area contributed by atoms with Crippen molar-refractivity contribution < 1.29 is 4.39 Å². The third-order valence-corrected chi connectivity index (χ3v) is 3.12. The van der Waals surface area contributed by atoms with E-state index in [1.807, 2.05) is 6.07 Å². The first-order valence-electron chi connectivity index (χ1n) is 3.97. The monoisotopic (exact) mass is 180 g/mol. The molecule has 2 heteroatoms. The van der Waals surface area contributed by atoms with Gasteiger partial charge in [-0.2, -0.15) is 0 Å². The van der Waals surface area contributed by atoms with Crippen LogP contribution in [0.1, 0.15) is 11.8 Å². The van der Waals surface area contributed by atoms with Crippen LogP contribution in [0.15, 0.2) is 24.3 Å². The Kier molecular flexibility index (Phi) is 1.85. The lowest BCUT2D eigenvalue weighted by molar-refractivity contribution is 0.630. The molecule has 0 unspecified atom stereocenters. The summed E-state index contributed by atoms with van der Waals surface area (Å²) in [6.45, 7) is 2.11. The van der Waals surface area contributed by atoms with E-state index in [0.717, 1.165) is 16.5 Å². The molecule has 1 heterocycles. The standard InChI is InChI=1S/C10H9FS/c1-2-9-5-7-3-4-8(11)6-10(7)12-9/h3-6H,2H2,1H3. The van der Waals surface area contributed by atoms with Crippen LogP contribution >= 0.6 is 11.3 Å². The predicted octanol–water partition coefficient (Wildman–Crippen LogP) is 3.60. The van der Waals surface area contributed by atoms with E-state index >= 15 is 0 Å². The number of halogens is 1. The predicted molar refractivity (Wildman–Crippen MR) is 51.2 cm³/mol. The van der Waals surface area contributed by atoms with Crippen LogP contribution in [0.25, 0.3) is 10.1 Å². The Balaban J connectivity index is 2.67. The van der Waals surface area contributed by atoms with E-state index in [1.165, 1.54) is 10.9 Å². The fourth-order valence-electron chi connectivity index (χ4n) is 1.23. The van der Waals surface area contributed by atoms with Gasteiger partial charge >= 0.3 is 0 Å². The maximum absolute atomic E-state index is 12.8. The van der Waals surface area contributed by atoms with Gasteiger partial charge in [-0.25, -0.2) is 4.39 Å². The SMILES string of the molecule is CCc1cc2ccc(F)cc2s1. The van der Waals surface area contributed by atoms with Crippen molar-refractivity contribution in [3.8, 4) is 0 Å². The minimum atomic E-state index is -0.146. The van der Waals surface area contributed by atoms with E-state index in [4.69, 9.17) is 0 Å². The van der Waals surface area contributed by atoms with Crippen LogP contribution in [0, 0.1) is 5.82 Å². The topological polar surface area (TPSA) is 0 Å². The summed E-state index contributed by atoms with van der Waals surface area (Å²) in [4.78, 5) is 1.32. The molecule has 0 atom stereocenters. The molecule has 2 aromatic rings. The summed E-state index contributed by atoms with van der Waals surface area (Å²) in [5.74, 6) is -0.146. The van der Waals surface area contributed by atoms with Crippen molar-refractivity contribution in [1.29, 1.82) is 0 Å². The molecule has 0 fully saturated rings. The van der Waals surface area contributed by atoms with E-state index in [1.54, 1.807) is 17.4 Å². The van der Waals surface area contributed by atoms with Crippen LogP contribution in [0.3, 0.4) is 0 Å². The number of hydrogen-bond acceptors (Lipinski definition) is 1. The van der Waals surface area contributed by atoms with Gasteiger partial charge in [0.25, 0.3) is 0 Å². The van der Waals surface area contributed by atoms with Crippen LogP contribution in [0.4, 0.5) is 4.39 Å². The maximum Gasteiger partial charge on any atom is 0.124 e. The molecule has 0 amide bonds. The molecule has 1 aromatic heterocycles. The Labute approximate surface area is 74.6 Å². The quantitative estimate of drug-likeness (QED) is 0.629. The second kappa shape index (κ2) is 2.87. The van der Waals surface area contributed by atoms with Crippen molar-refractivity contribution in [3.05, 3.63) is 35.0 Å². The minimum Gasteiger partial charge on any atom is -0.207 e. The van der Waals surface area contributed by atoms with Gasteiger partial charge in [-0.15, -0.1) is 11.3 Å². The summed E-state index contributed by atoms with van der Waals surface area (Å²) in [6, 6.07) is 7.06. The zero-order valence-electron chi connectivity index (χ0n) is 6.80. The van der Waals surface area contributed by atoms with E-state index in [0.29, 0.717) is 0 Å². The Hall–Kier alpha value is -0.890. The van der Waals surface area contributed by atoms with Crippen LogP contribution < -0.4 is 0 Å². The summed E-state index contributed by atoms with van der Waals surface area (Å²) < 4.78 is 13.8. The van der Waals surface area contributed by atoms with Gasteiger partial charge in [0.15, 0.2) is 0 Å². The highest BCUT2D eigenvalue weighted by atomic mass is 32.1. The Morgan fingerprint density at radius 1 is 1.33 bits per heavy atom. The summed E-state index contributed by atoms with van der Waals surface area (Å²) in [5.41, 5.74) is 0. The van der Waals surface area contributed by atoms with E-state index in [9.17, 15) is 4.39 Å². The van der Waals surface area contributed by atoms with E-state index < -0.39 is 0 Å². The lowest BCUT2D eigenvalue weighted by atomic mass is 10.2. The van der Waals surface area contributed by atoms with Gasteiger partial charge in [-0.1, -0.05) is 13.0 Å². The molecular weight excluding hydrogens is 171 g/mol. The molecule has 0 bridgehead atoms. The second-order valence-corrected chi connectivity index (χ2v) is 3.92. The molecule has 12 heavy (non-hydrogen) atoms. The number of thiophene rings is 1. The second-order valence-electron chi connectivity index (χ2n) is 2.75. The first-order chi connectivity index (χ1) is 5.79. The zero-order valence-corrected chi connectivity index (χ0v) is 7.62. The molecule has 2 rings (SSSR count). The summed E-state index contributed by atoms with van der Waals surface area (Å²) in [6.07, 6.45) is 1.03. The average Bonchev–Trinajstić information content (AvgIpc) is 2.46. The van der Waals surface area contributed by atoms with Crippen molar-refractivity contribution >= 4 is 21.4 Å². The number of hydrogen-bond donors (Lipinski definition) is 0. The van der Waals surface area contributed by atoms with Crippen molar-refractivity contribution in [3.63, 3.8) is 0 Å². The van der Waals surface area contributed by atoms with Crippen LogP contribution in [0.5, 0.6) is 0 Å². The van der Waals surface area contributed by atoms with E-state index in [-0.39, 0.29) is 5.82 Å². The van der Waals surface area contributed by atoms with Gasteiger partial charge in [-0.3, -0.25) is 0 Å². The summed E-state index contributed by atoms with van der Waals surface area (Å²) in [7, 11) is 0. The van der Waals surface area contributed by atoms with Gasteiger partial charge in [-0.05, 0) is 30.0 Å². The lowest BCUT2D eigenvalue weighted by Gasteiger charge is -1.86. The van der Waals surface area contributed by atoms with Gasteiger partial charge in [0.1, 0.15) is 5.82 Å². The molecule has 0 saturated heterocycles. The highest BCUT2D eigenvalue weighted by Crippen LogP contribution is 2.26. The largest absolute Gasteiger partial charge is 0.207 e. The van der Waals surface area contributed by atoms with Crippen molar-refractivity contribution in [2.45, 2.75) is 13.3 Å². The molecule has 0 N–H and O–H groups in total. The Morgan fingerprint density at radius 3 is 2.92 bits per heavy atom. The van der Waals surface area contributed by atoms with Crippen molar-refractivity contribution in [1.82, 2.24) is 0 Å². The van der Waals surface area contributed by atoms with Gasteiger partial charge in [0, 0.05) is 9.58 Å². The molecule has 0 saturated carbocycles. The maximum atomic E-state index is 12.8. The summed E-state index contributed by atoms with van der Waals surface area (Å²) in [5, 5.41) is 1.15. The number of fused-ring (bicyclic) bond motifs is 1. The van der Waals surface area contributed by atoms with Gasteiger partial charge < -0.3 is 0 Å².